The Labute approximate surface area is 97.7 Å². The van der Waals surface area contributed by atoms with Crippen molar-refractivity contribution in [3.05, 3.63) is 52.4 Å². The van der Waals surface area contributed by atoms with Gasteiger partial charge in [-0.25, -0.2) is 4.79 Å². The Morgan fingerprint density at radius 1 is 1.24 bits per heavy atom. The van der Waals surface area contributed by atoms with Crippen LogP contribution in [-0.4, -0.2) is 5.78 Å². The maximum atomic E-state index is 11.6. The van der Waals surface area contributed by atoms with Crippen LogP contribution in [0, 0.1) is 0 Å². The minimum Gasteiger partial charge on any atom is -0.422 e. The van der Waals surface area contributed by atoms with Gasteiger partial charge in [-0.05, 0) is 6.92 Å². The largest absolute Gasteiger partial charge is 0.422 e. The summed E-state index contributed by atoms with van der Waals surface area (Å²) in [5.41, 5.74) is 5.78. The molecule has 0 unspecified atom stereocenters. The van der Waals surface area contributed by atoms with Gasteiger partial charge in [-0.15, -0.1) is 0 Å². The van der Waals surface area contributed by atoms with Crippen molar-refractivity contribution in [3.63, 3.8) is 0 Å². The van der Waals surface area contributed by atoms with Crippen molar-refractivity contribution in [3.8, 4) is 11.3 Å². The van der Waals surface area contributed by atoms with Crippen LogP contribution in [0.1, 0.15) is 17.3 Å². The predicted molar refractivity (Wildman–Crippen MR) is 64.8 cm³/mol. The number of ketones is 1. The molecule has 4 nitrogen and oxygen atoms in total. The van der Waals surface area contributed by atoms with Crippen LogP contribution < -0.4 is 11.4 Å². The third-order valence-electron chi connectivity index (χ3n) is 2.39. The molecule has 2 aromatic rings. The number of benzene rings is 1. The first-order valence-corrected chi connectivity index (χ1v) is 5.09. The zero-order valence-corrected chi connectivity index (χ0v) is 9.27. The molecule has 2 N–H and O–H groups in total. The van der Waals surface area contributed by atoms with Crippen molar-refractivity contribution in [2.45, 2.75) is 6.92 Å². The summed E-state index contributed by atoms with van der Waals surface area (Å²) >= 11 is 0. The molecule has 0 radical (unpaired) electrons. The summed E-state index contributed by atoms with van der Waals surface area (Å²) in [7, 11) is 0. The molecule has 0 amide bonds. The summed E-state index contributed by atoms with van der Waals surface area (Å²) in [5.74, 6) is -0.0334. The first-order valence-electron chi connectivity index (χ1n) is 5.09. The van der Waals surface area contributed by atoms with Crippen LogP contribution in [-0.2, 0) is 0 Å². The van der Waals surface area contributed by atoms with Crippen LogP contribution in [0.5, 0.6) is 0 Å². The summed E-state index contributed by atoms with van der Waals surface area (Å²) < 4.78 is 5.08. The molecule has 1 aromatic carbocycles. The molecule has 0 aliphatic rings. The van der Waals surface area contributed by atoms with Crippen LogP contribution in [0.15, 0.2) is 45.6 Å². The van der Waals surface area contributed by atoms with Gasteiger partial charge in [-0.2, -0.15) is 0 Å². The third kappa shape index (κ3) is 2.10. The van der Waals surface area contributed by atoms with Gasteiger partial charge < -0.3 is 10.2 Å². The second-order valence-electron chi connectivity index (χ2n) is 3.65. The van der Waals surface area contributed by atoms with E-state index in [-0.39, 0.29) is 11.3 Å². The van der Waals surface area contributed by atoms with Gasteiger partial charge in [0.15, 0.2) is 5.78 Å². The van der Waals surface area contributed by atoms with E-state index >= 15 is 0 Å². The van der Waals surface area contributed by atoms with Gasteiger partial charge in [0.2, 0.25) is 0 Å². The van der Waals surface area contributed by atoms with Crippen molar-refractivity contribution in [2.75, 3.05) is 5.73 Å². The Hall–Kier alpha value is -2.36. The highest BCUT2D eigenvalue weighted by Gasteiger charge is 2.14. The second-order valence-corrected chi connectivity index (χ2v) is 3.65. The number of carbonyl (C=O) groups is 1. The highest BCUT2D eigenvalue weighted by molar-refractivity contribution is 5.98. The number of hydrogen-bond acceptors (Lipinski definition) is 4. The Bertz CT molecular complexity index is 614. The van der Waals surface area contributed by atoms with E-state index in [1.807, 2.05) is 18.2 Å². The van der Waals surface area contributed by atoms with Gasteiger partial charge in [0.25, 0.3) is 0 Å². The Morgan fingerprint density at radius 3 is 2.41 bits per heavy atom. The van der Waals surface area contributed by atoms with E-state index in [4.69, 9.17) is 10.2 Å². The molecule has 86 valence electrons. The molecule has 1 heterocycles. The number of carbonyl (C=O) groups excluding carboxylic acids is 1. The van der Waals surface area contributed by atoms with E-state index in [0.29, 0.717) is 5.76 Å². The molecule has 0 fully saturated rings. The van der Waals surface area contributed by atoms with E-state index in [1.54, 1.807) is 12.1 Å². The zero-order valence-electron chi connectivity index (χ0n) is 9.27. The van der Waals surface area contributed by atoms with Crippen LogP contribution in [0.4, 0.5) is 5.69 Å². The fourth-order valence-electron chi connectivity index (χ4n) is 1.60. The molecule has 0 bridgehead atoms. The van der Waals surface area contributed by atoms with Crippen molar-refractivity contribution in [1.29, 1.82) is 0 Å². The standard InChI is InChI=1S/C13H11NO3/c1-8(15)12-10(14)7-11(17-13(12)16)9-5-3-2-4-6-9/h2-7H,14H2,1H3. The Balaban J connectivity index is 2.62. The highest BCUT2D eigenvalue weighted by atomic mass is 16.4. The summed E-state index contributed by atoms with van der Waals surface area (Å²) in [4.78, 5) is 22.8. The van der Waals surface area contributed by atoms with Gasteiger partial charge >= 0.3 is 5.63 Å². The molecule has 0 aliphatic heterocycles. The average molecular weight is 229 g/mol. The molecule has 0 spiro atoms. The lowest BCUT2D eigenvalue weighted by Crippen LogP contribution is -2.15. The monoisotopic (exact) mass is 229 g/mol. The molecule has 17 heavy (non-hydrogen) atoms. The number of rotatable bonds is 2. The topological polar surface area (TPSA) is 73.3 Å². The molecular formula is C13H11NO3. The molecule has 0 aliphatic carbocycles. The van der Waals surface area contributed by atoms with Gasteiger partial charge in [0, 0.05) is 11.6 Å². The SMILES string of the molecule is CC(=O)c1c(N)cc(-c2ccccc2)oc1=O. The van der Waals surface area contributed by atoms with E-state index < -0.39 is 11.4 Å². The van der Waals surface area contributed by atoms with Crippen LogP contribution in [0.3, 0.4) is 0 Å². The fourth-order valence-corrected chi connectivity index (χ4v) is 1.60. The molecule has 4 heteroatoms. The van der Waals surface area contributed by atoms with Crippen molar-refractivity contribution in [2.24, 2.45) is 0 Å². The van der Waals surface area contributed by atoms with Crippen LogP contribution in [0.2, 0.25) is 0 Å². The lowest BCUT2D eigenvalue weighted by atomic mass is 10.1. The van der Waals surface area contributed by atoms with E-state index in [1.165, 1.54) is 13.0 Å². The summed E-state index contributed by atoms with van der Waals surface area (Å²) in [6.07, 6.45) is 0. The van der Waals surface area contributed by atoms with Crippen LogP contribution >= 0.6 is 0 Å². The minimum absolute atomic E-state index is 0.0929. The smallest absolute Gasteiger partial charge is 0.349 e. The van der Waals surface area contributed by atoms with Gasteiger partial charge in [0.05, 0.1) is 5.69 Å². The molecule has 1 aromatic heterocycles. The fraction of sp³-hybridized carbons (Fsp3) is 0.0769. The normalized spacial score (nSPS) is 10.2. The first-order chi connectivity index (χ1) is 8.09. The number of nitrogen functional groups attached to an aromatic ring is 1. The van der Waals surface area contributed by atoms with Gasteiger partial charge in [-0.3, -0.25) is 4.79 Å². The lowest BCUT2D eigenvalue weighted by molar-refractivity contribution is 0.101. The third-order valence-corrected chi connectivity index (χ3v) is 2.39. The summed E-state index contributed by atoms with van der Waals surface area (Å²) in [6, 6.07) is 10.6. The Kier molecular flexibility index (Phi) is 2.78. The number of anilines is 1. The van der Waals surface area contributed by atoms with Crippen molar-refractivity contribution in [1.82, 2.24) is 0 Å². The number of Topliss-reactive ketones (excluding diaryl/α,β-unsaturated/α-hetero) is 1. The molecule has 0 saturated heterocycles. The maximum Gasteiger partial charge on any atom is 0.349 e. The number of hydrogen-bond donors (Lipinski definition) is 1. The lowest BCUT2D eigenvalue weighted by Gasteiger charge is -2.04. The van der Waals surface area contributed by atoms with Crippen molar-refractivity contribution < 1.29 is 9.21 Å². The molecular weight excluding hydrogens is 218 g/mol. The molecule has 0 saturated carbocycles. The van der Waals surface area contributed by atoms with Crippen LogP contribution in [0.25, 0.3) is 11.3 Å². The average Bonchev–Trinajstić information content (AvgIpc) is 2.28. The first kappa shape index (κ1) is 11.1. The van der Waals surface area contributed by atoms with E-state index in [9.17, 15) is 9.59 Å². The maximum absolute atomic E-state index is 11.6. The Morgan fingerprint density at radius 2 is 1.88 bits per heavy atom. The molecule has 2 rings (SSSR count). The number of nitrogens with two attached hydrogens (primary N) is 1. The minimum atomic E-state index is -0.698. The quantitative estimate of drug-likeness (QED) is 0.800. The van der Waals surface area contributed by atoms with Gasteiger partial charge in [0.1, 0.15) is 11.3 Å². The van der Waals surface area contributed by atoms with Crippen molar-refractivity contribution >= 4 is 11.5 Å². The summed E-state index contributed by atoms with van der Waals surface area (Å²) in [5, 5.41) is 0. The predicted octanol–water partition coefficient (Wildman–Crippen LogP) is 2.09. The summed E-state index contributed by atoms with van der Waals surface area (Å²) in [6.45, 7) is 1.28. The molecule has 0 atom stereocenters. The van der Waals surface area contributed by atoms with Gasteiger partial charge in [-0.1, -0.05) is 30.3 Å². The van der Waals surface area contributed by atoms with E-state index in [2.05, 4.69) is 0 Å². The van der Waals surface area contributed by atoms with E-state index in [0.717, 1.165) is 5.56 Å². The second kappa shape index (κ2) is 4.25. The zero-order chi connectivity index (χ0) is 12.4. The highest BCUT2D eigenvalue weighted by Crippen LogP contribution is 2.21.